The number of imidazole rings is 1. The highest BCUT2D eigenvalue weighted by molar-refractivity contribution is 5.69. The van der Waals surface area contributed by atoms with Crippen LogP contribution in [0.2, 0.25) is 0 Å². The van der Waals surface area contributed by atoms with E-state index in [2.05, 4.69) is 16.9 Å². The number of para-hydroxylation sites is 1. The number of nitrogens with one attached hydrogen (secondary N) is 2. The van der Waals surface area contributed by atoms with Gasteiger partial charge in [-0.25, -0.2) is 9.97 Å². The predicted octanol–water partition coefficient (Wildman–Crippen LogP) is 4.80. The largest absolute Gasteiger partial charge is 0.493 e. The Morgan fingerprint density at radius 2 is 1.91 bits per heavy atom. The summed E-state index contributed by atoms with van der Waals surface area (Å²) in [6.07, 6.45) is 6.50. The second-order valence-corrected chi connectivity index (χ2v) is 9.08. The number of aromatic amines is 1. The number of aromatic nitrogens is 4. The number of fused-ring (bicyclic) bond motifs is 1. The van der Waals surface area contributed by atoms with Crippen molar-refractivity contribution < 1.29 is 14.2 Å². The summed E-state index contributed by atoms with van der Waals surface area (Å²) in [5.41, 5.74) is 2.53. The molecule has 2 aromatic carbocycles. The molecule has 182 valence electrons. The summed E-state index contributed by atoms with van der Waals surface area (Å²) in [6.45, 7) is 3.08. The second-order valence-electron chi connectivity index (χ2n) is 9.08. The van der Waals surface area contributed by atoms with Gasteiger partial charge >= 0.3 is 0 Å². The zero-order valence-corrected chi connectivity index (χ0v) is 20.2. The van der Waals surface area contributed by atoms with Gasteiger partial charge < -0.3 is 23.8 Å². The number of nitrogens with zero attached hydrogens (tertiary/aromatic N) is 3. The minimum absolute atomic E-state index is 0.0165. The van der Waals surface area contributed by atoms with Crippen LogP contribution in [-0.2, 0) is 6.54 Å². The molecule has 2 N–H and O–H groups in total. The van der Waals surface area contributed by atoms with E-state index in [-0.39, 0.29) is 17.5 Å². The lowest BCUT2D eigenvalue weighted by atomic mass is 10.2. The lowest BCUT2D eigenvalue weighted by Gasteiger charge is -2.17. The Kier molecular flexibility index (Phi) is 6.70. The summed E-state index contributed by atoms with van der Waals surface area (Å²) in [6, 6.07) is 15.7. The topological polar surface area (TPSA) is 98.0 Å². The van der Waals surface area contributed by atoms with Crippen LogP contribution in [0.4, 0.5) is 0 Å². The van der Waals surface area contributed by atoms with Gasteiger partial charge in [-0.3, -0.25) is 5.41 Å². The van der Waals surface area contributed by atoms with Crippen LogP contribution >= 0.6 is 0 Å². The fourth-order valence-electron chi connectivity index (χ4n) is 4.46. The molecule has 0 spiro atoms. The Morgan fingerprint density at radius 1 is 1.11 bits per heavy atom. The van der Waals surface area contributed by atoms with Crippen molar-refractivity contribution >= 4 is 11.2 Å². The molecule has 35 heavy (non-hydrogen) atoms. The number of ether oxygens (including phenoxy) is 3. The third kappa shape index (κ3) is 5.16. The molecule has 1 fully saturated rings. The minimum atomic E-state index is 0.0165. The number of hydrogen-bond donors (Lipinski definition) is 2. The van der Waals surface area contributed by atoms with E-state index in [1.807, 2.05) is 53.1 Å². The fraction of sp³-hybridized carbons (Fsp3) is 0.370. The van der Waals surface area contributed by atoms with Crippen molar-refractivity contribution in [1.29, 1.82) is 5.41 Å². The van der Waals surface area contributed by atoms with Gasteiger partial charge in [0, 0.05) is 5.92 Å². The number of hydrogen-bond acceptors (Lipinski definition) is 6. The molecule has 5 rings (SSSR count). The van der Waals surface area contributed by atoms with E-state index < -0.39 is 0 Å². The van der Waals surface area contributed by atoms with E-state index in [0.717, 1.165) is 41.5 Å². The maximum atomic E-state index is 8.28. The first-order valence-corrected chi connectivity index (χ1v) is 12.1. The number of benzene rings is 2. The number of methoxy groups -OCH3 is 1. The summed E-state index contributed by atoms with van der Waals surface area (Å²) in [5, 5.41) is 8.28. The maximum Gasteiger partial charge on any atom is 0.173 e. The number of H-pyrrole nitrogens is 1. The highest BCUT2D eigenvalue weighted by Gasteiger charge is 2.19. The minimum Gasteiger partial charge on any atom is -0.493 e. The zero-order valence-electron chi connectivity index (χ0n) is 20.2. The third-order valence-electron chi connectivity index (χ3n) is 6.42. The van der Waals surface area contributed by atoms with Crippen LogP contribution in [-0.4, -0.2) is 39.3 Å². The molecule has 2 aromatic heterocycles. The molecular weight excluding hydrogens is 442 g/mol. The first kappa shape index (κ1) is 23.0. The molecule has 1 aliphatic rings. The smallest absolute Gasteiger partial charge is 0.173 e. The van der Waals surface area contributed by atoms with E-state index in [4.69, 9.17) is 24.6 Å². The summed E-state index contributed by atoms with van der Waals surface area (Å²) >= 11 is 0. The average molecular weight is 474 g/mol. The fourth-order valence-corrected chi connectivity index (χ4v) is 4.46. The monoisotopic (exact) mass is 473 g/mol. The quantitative estimate of drug-likeness (QED) is 0.364. The molecule has 1 saturated carbocycles. The standard InChI is InChI=1S/C27H31N5O3/c1-18(16-34-20-8-4-3-5-9-20)26-30-24-25(28)29-17-32(27(24)31-26)15-19-12-13-22(33-2)23(14-19)35-21-10-6-7-11-21/h3-5,8-9,12-14,17-18,21,28H,6-7,10-11,15-16H2,1-2H3,(H,30,31)/t18-/m0/s1. The third-order valence-corrected chi connectivity index (χ3v) is 6.42. The van der Waals surface area contributed by atoms with Crippen LogP contribution in [0.1, 0.15) is 49.9 Å². The highest BCUT2D eigenvalue weighted by atomic mass is 16.5. The molecule has 4 aromatic rings. The summed E-state index contributed by atoms with van der Waals surface area (Å²) in [7, 11) is 1.67. The lowest BCUT2D eigenvalue weighted by Crippen LogP contribution is -2.14. The van der Waals surface area contributed by atoms with Crippen molar-refractivity contribution in [2.45, 2.75) is 51.2 Å². The Bertz CT molecular complexity index is 1340. The second kappa shape index (κ2) is 10.2. The molecule has 1 aliphatic carbocycles. The van der Waals surface area contributed by atoms with Gasteiger partial charge in [0.25, 0.3) is 0 Å². The molecule has 8 nitrogen and oxygen atoms in total. The molecule has 0 amide bonds. The van der Waals surface area contributed by atoms with Crippen molar-refractivity contribution in [3.05, 3.63) is 71.7 Å². The van der Waals surface area contributed by atoms with Gasteiger partial charge in [0.2, 0.25) is 0 Å². The molecule has 8 heteroatoms. The Hall–Kier alpha value is -3.81. The summed E-state index contributed by atoms with van der Waals surface area (Å²) < 4.78 is 19.7. The highest BCUT2D eigenvalue weighted by Crippen LogP contribution is 2.33. The number of rotatable bonds is 9. The Balaban J connectivity index is 1.38. The van der Waals surface area contributed by atoms with Crippen molar-refractivity contribution in [3.63, 3.8) is 0 Å². The van der Waals surface area contributed by atoms with Gasteiger partial charge in [0.1, 0.15) is 17.1 Å². The molecule has 0 bridgehead atoms. The molecule has 0 radical (unpaired) electrons. The lowest BCUT2D eigenvalue weighted by molar-refractivity contribution is 0.200. The van der Waals surface area contributed by atoms with E-state index in [0.29, 0.717) is 24.3 Å². The molecular formula is C27H31N5O3. The first-order valence-electron chi connectivity index (χ1n) is 12.1. The SMILES string of the molecule is COc1ccc(Cn2cnc(=N)c3[nH]c([C@@H](C)COc4ccccc4)nc32)cc1OC1CCCC1. The van der Waals surface area contributed by atoms with Gasteiger partial charge in [0.15, 0.2) is 22.6 Å². The predicted molar refractivity (Wildman–Crippen MR) is 133 cm³/mol. The van der Waals surface area contributed by atoms with Crippen LogP contribution in [0.25, 0.3) is 11.2 Å². The van der Waals surface area contributed by atoms with Gasteiger partial charge in [-0.1, -0.05) is 31.2 Å². The van der Waals surface area contributed by atoms with Crippen molar-refractivity contribution in [3.8, 4) is 17.2 Å². The van der Waals surface area contributed by atoms with Crippen LogP contribution in [0.3, 0.4) is 0 Å². The molecule has 1 atom stereocenters. The summed E-state index contributed by atoms with van der Waals surface area (Å²) in [5.74, 6) is 3.12. The van der Waals surface area contributed by atoms with Gasteiger partial charge in [0.05, 0.1) is 32.7 Å². The normalized spacial score (nSPS) is 14.8. The van der Waals surface area contributed by atoms with E-state index in [9.17, 15) is 0 Å². The van der Waals surface area contributed by atoms with Crippen molar-refractivity contribution in [2.24, 2.45) is 0 Å². The Morgan fingerprint density at radius 3 is 2.69 bits per heavy atom. The van der Waals surface area contributed by atoms with Crippen molar-refractivity contribution in [2.75, 3.05) is 13.7 Å². The zero-order chi connectivity index (χ0) is 24.2. The Labute approximate surface area is 204 Å². The van der Waals surface area contributed by atoms with E-state index in [1.54, 1.807) is 13.4 Å². The maximum absolute atomic E-state index is 8.28. The molecule has 0 saturated heterocycles. The van der Waals surface area contributed by atoms with Crippen LogP contribution in [0.5, 0.6) is 17.2 Å². The first-order chi connectivity index (χ1) is 17.1. The van der Waals surface area contributed by atoms with Gasteiger partial charge in [-0.15, -0.1) is 0 Å². The average Bonchev–Trinajstić information content (AvgIpc) is 3.56. The van der Waals surface area contributed by atoms with E-state index in [1.165, 1.54) is 12.8 Å². The van der Waals surface area contributed by atoms with Crippen LogP contribution < -0.4 is 19.7 Å². The van der Waals surface area contributed by atoms with Crippen LogP contribution in [0, 0.1) is 5.41 Å². The molecule has 0 unspecified atom stereocenters. The summed E-state index contributed by atoms with van der Waals surface area (Å²) in [4.78, 5) is 12.4. The molecule has 2 heterocycles. The van der Waals surface area contributed by atoms with Crippen molar-refractivity contribution in [1.82, 2.24) is 19.5 Å². The molecule has 0 aliphatic heterocycles. The van der Waals surface area contributed by atoms with Gasteiger partial charge in [-0.05, 0) is 55.5 Å². The van der Waals surface area contributed by atoms with Gasteiger partial charge in [-0.2, -0.15) is 0 Å². The van der Waals surface area contributed by atoms with E-state index >= 15 is 0 Å². The van der Waals surface area contributed by atoms with Crippen LogP contribution in [0.15, 0.2) is 54.9 Å².